The molecule has 1 saturated heterocycles. The summed E-state index contributed by atoms with van der Waals surface area (Å²) in [4.78, 5) is 18.8. The summed E-state index contributed by atoms with van der Waals surface area (Å²) in [7, 11) is 0. The standard InChI is InChI=1S/C14H22N4O/c1-9-4-5-11(3)18(8-9)14(19)12-7-16-10(2)6-13(12)17-15/h6-7,9,11H,4-5,8,15H2,1-3H3,(H,16,17). The molecule has 0 spiro atoms. The Labute approximate surface area is 114 Å². The second-order valence-electron chi connectivity index (χ2n) is 5.50. The molecule has 0 bridgehead atoms. The molecule has 1 amide bonds. The summed E-state index contributed by atoms with van der Waals surface area (Å²) in [6.45, 7) is 6.96. The zero-order chi connectivity index (χ0) is 14.0. The normalized spacial score (nSPS) is 23.3. The highest BCUT2D eigenvalue weighted by Crippen LogP contribution is 2.25. The lowest BCUT2D eigenvalue weighted by atomic mass is 9.94. The lowest BCUT2D eigenvalue weighted by molar-refractivity contribution is 0.0574. The second kappa shape index (κ2) is 5.57. The van der Waals surface area contributed by atoms with E-state index in [2.05, 4.69) is 24.3 Å². The third-order valence-corrected chi connectivity index (χ3v) is 3.81. The van der Waals surface area contributed by atoms with Crippen molar-refractivity contribution < 1.29 is 4.79 Å². The number of pyridine rings is 1. The average Bonchev–Trinajstić information content (AvgIpc) is 2.40. The molecule has 2 atom stereocenters. The van der Waals surface area contributed by atoms with Crippen LogP contribution in [0.2, 0.25) is 0 Å². The van der Waals surface area contributed by atoms with Crippen LogP contribution in [-0.4, -0.2) is 28.4 Å². The summed E-state index contributed by atoms with van der Waals surface area (Å²) >= 11 is 0. The van der Waals surface area contributed by atoms with E-state index >= 15 is 0 Å². The molecule has 5 nitrogen and oxygen atoms in total. The van der Waals surface area contributed by atoms with Crippen molar-refractivity contribution in [2.24, 2.45) is 11.8 Å². The Kier molecular flexibility index (Phi) is 4.04. The van der Waals surface area contributed by atoms with Gasteiger partial charge in [0.1, 0.15) is 0 Å². The summed E-state index contributed by atoms with van der Waals surface area (Å²) in [5.41, 5.74) is 4.62. The fourth-order valence-electron chi connectivity index (χ4n) is 2.58. The number of nitrogens with zero attached hydrogens (tertiary/aromatic N) is 2. The Hall–Kier alpha value is -1.62. The van der Waals surface area contributed by atoms with Gasteiger partial charge in [-0.2, -0.15) is 0 Å². The summed E-state index contributed by atoms with van der Waals surface area (Å²) in [6, 6.07) is 2.07. The van der Waals surface area contributed by atoms with Crippen LogP contribution in [0.5, 0.6) is 0 Å². The number of rotatable bonds is 2. The van der Waals surface area contributed by atoms with E-state index in [9.17, 15) is 4.79 Å². The number of aryl methyl sites for hydroxylation is 1. The van der Waals surface area contributed by atoms with Crippen molar-refractivity contribution in [2.75, 3.05) is 12.0 Å². The van der Waals surface area contributed by atoms with Crippen molar-refractivity contribution in [3.63, 3.8) is 0 Å². The van der Waals surface area contributed by atoms with Crippen molar-refractivity contribution in [1.29, 1.82) is 0 Å². The minimum atomic E-state index is 0.0134. The van der Waals surface area contributed by atoms with E-state index in [1.165, 1.54) is 6.42 Å². The zero-order valence-electron chi connectivity index (χ0n) is 11.8. The number of hydrazine groups is 1. The number of aromatic nitrogens is 1. The van der Waals surface area contributed by atoms with Crippen LogP contribution in [0.3, 0.4) is 0 Å². The van der Waals surface area contributed by atoms with E-state index in [0.29, 0.717) is 17.2 Å². The lowest BCUT2D eigenvalue weighted by Crippen LogP contribution is -2.45. The number of likely N-dealkylation sites (tertiary alicyclic amines) is 1. The van der Waals surface area contributed by atoms with E-state index in [-0.39, 0.29) is 11.9 Å². The monoisotopic (exact) mass is 262 g/mol. The van der Waals surface area contributed by atoms with Crippen LogP contribution in [0.25, 0.3) is 0 Å². The van der Waals surface area contributed by atoms with Crippen molar-refractivity contribution in [3.8, 4) is 0 Å². The number of carbonyl (C=O) groups excluding carboxylic acids is 1. The molecule has 0 radical (unpaired) electrons. The molecule has 0 saturated carbocycles. The molecule has 19 heavy (non-hydrogen) atoms. The quantitative estimate of drug-likeness (QED) is 0.631. The molecule has 3 N–H and O–H groups in total. The minimum absolute atomic E-state index is 0.0134. The van der Waals surface area contributed by atoms with Crippen LogP contribution >= 0.6 is 0 Å². The molecule has 1 fully saturated rings. The van der Waals surface area contributed by atoms with Gasteiger partial charge in [0.15, 0.2) is 0 Å². The molecular weight excluding hydrogens is 240 g/mol. The first-order valence-electron chi connectivity index (χ1n) is 6.77. The van der Waals surface area contributed by atoms with Gasteiger partial charge in [0.2, 0.25) is 0 Å². The van der Waals surface area contributed by atoms with Crippen LogP contribution in [0.1, 0.15) is 42.7 Å². The van der Waals surface area contributed by atoms with E-state index in [0.717, 1.165) is 18.7 Å². The van der Waals surface area contributed by atoms with Crippen LogP contribution in [0, 0.1) is 12.8 Å². The first-order valence-corrected chi connectivity index (χ1v) is 6.77. The van der Waals surface area contributed by atoms with E-state index in [4.69, 9.17) is 5.84 Å². The summed E-state index contributed by atoms with van der Waals surface area (Å²) in [6.07, 6.45) is 3.84. The minimum Gasteiger partial charge on any atom is -0.336 e. The largest absolute Gasteiger partial charge is 0.336 e. The second-order valence-corrected chi connectivity index (χ2v) is 5.50. The van der Waals surface area contributed by atoms with Gasteiger partial charge in [0.25, 0.3) is 5.91 Å². The number of hydrogen-bond donors (Lipinski definition) is 2. The Balaban J connectivity index is 2.28. The summed E-state index contributed by atoms with van der Waals surface area (Å²) in [5.74, 6) is 6.06. The highest BCUT2D eigenvalue weighted by Gasteiger charge is 2.28. The van der Waals surface area contributed by atoms with Crippen LogP contribution in [0.15, 0.2) is 12.3 Å². The highest BCUT2D eigenvalue weighted by atomic mass is 16.2. The Morgan fingerprint density at radius 1 is 1.47 bits per heavy atom. The number of nitrogens with one attached hydrogen (secondary N) is 1. The fraction of sp³-hybridized carbons (Fsp3) is 0.571. The average molecular weight is 262 g/mol. The molecular formula is C14H22N4O. The number of carbonyl (C=O) groups is 1. The van der Waals surface area contributed by atoms with Gasteiger partial charge in [-0.15, -0.1) is 0 Å². The van der Waals surface area contributed by atoms with Crippen molar-refractivity contribution in [2.45, 2.75) is 39.7 Å². The van der Waals surface area contributed by atoms with Crippen LogP contribution in [0.4, 0.5) is 5.69 Å². The van der Waals surface area contributed by atoms with Gasteiger partial charge in [-0.25, -0.2) is 0 Å². The van der Waals surface area contributed by atoms with Crippen molar-refractivity contribution in [3.05, 3.63) is 23.5 Å². The number of anilines is 1. The third-order valence-electron chi connectivity index (χ3n) is 3.81. The zero-order valence-corrected chi connectivity index (χ0v) is 11.8. The number of piperidine rings is 1. The first kappa shape index (κ1) is 13.8. The van der Waals surface area contributed by atoms with E-state index < -0.39 is 0 Å². The van der Waals surface area contributed by atoms with Crippen LogP contribution in [-0.2, 0) is 0 Å². The van der Waals surface area contributed by atoms with Gasteiger partial charge < -0.3 is 10.3 Å². The molecule has 1 aliphatic heterocycles. The van der Waals surface area contributed by atoms with Crippen molar-refractivity contribution >= 4 is 11.6 Å². The maximum Gasteiger partial charge on any atom is 0.257 e. The molecule has 1 aliphatic rings. The number of nitrogen functional groups attached to an aromatic ring is 1. The van der Waals surface area contributed by atoms with Gasteiger partial charge >= 0.3 is 0 Å². The Bertz CT molecular complexity index is 475. The lowest BCUT2D eigenvalue weighted by Gasteiger charge is -2.37. The SMILES string of the molecule is Cc1cc(NN)c(C(=O)N2CC(C)CCC2C)cn1. The predicted octanol–water partition coefficient (Wildman–Crippen LogP) is 1.94. The predicted molar refractivity (Wildman–Crippen MR) is 75.7 cm³/mol. The van der Waals surface area contributed by atoms with Gasteiger partial charge in [-0.3, -0.25) is 15.6 Å². The fourth-order valence-corrected chi connectivity index (χ4v) is 2.58. The van der Waals surface area contributed by atoms with Gasteiger partial charge in [-0.1, -0.05) is 6.92 Å². The molecule has 2 rings (SSSR count). The van der Waals surface area contributed by atoms with E-state index in [1.807, 2.05) is 11.8 Å². The van der Waals surface area contributed by atoms with Gasteiger partial charge in [0.05, 0.1) is 11.3 Å². The molecule has 104 valence electrons. The Morgan fingerprint density at radius 2 is 2.21 bits per heavy atom. The molecule has 0 aliphatic carbocycles. The maximum absolute atomic E-state index is 12.6. The van der Waals surface area contributed by atoms with Gasteiger partial charge in [-0.05, 0) is 38.7 Å². The molecule has 0 aromatic carbocycles. The van der Waals surface area contributed by atoms with Crippen molar-refractivity contribution in [1.82, 2.24) is 9.88 Å². The molecule has 1 aromatic rings. The molecule has 2 unspecified atom stereocenters. The molecule has 1 aromatic heterocycles. The summed E-state index contributed by atoms with van der Waals surface area (Å²) < 4.78 is 0. The smallest absolute Gasteiger partial charge is 0.257 e. The molecule has 2 heterocycles. The first-order chi connectivity index (χ1) is 9.02. The number of amides is 1. The number of nitrogens with two attached hydrogens (primary N) is 1. The van der Waals surface area contributed by atoms with Crippen LogP contribution < -0.4 is 11.3 Å². The summed E-state index contributed by atoms with van der Waals surface area (Å²) in [5, 5.41) is 0. The number of hydrogen-bond acceptors (Lipinski definition) is 4. The maximum atomic E-state index is 12.6. The van der Waals surface area contributed by atoms with Gasteiger partial charge in [0, 0.05) is 24.5 Å². The Morgan fingerprint density at radius 3 is 2.89 bits per heavy atom. The topological polar surface area (TPSA) is 71.2 Å². The highest BCUT2D eigenvalue weighted by molar-refractivity contribution is 5.99. The molecule has 5 heteroatoms. The van der Waals surface area contributed by atoms with E-state index in [1.54, 1.807) is 12.3 Å². The third kappa shape index (κ3) is 2.87.